The van der Waals surface area contributed by atoms with Crippen molar-refractivity contribution in [2.24, 2.45) is 5.92 Å². The highest BCUT2D eigenvalue weighted by molar-refractivity contribution is 5.79. The van der Waals surface area contributed by atoms with E-state index in [-0.39, 0.29) is 37.3 Å². The lowest BCUT2D eigenvalue weighted by Gasteiger charge is -2.26. The Bertz CT molecular complexity index is 1050. The van der Waals surface area contributed by atoms with Gasteiger partial charge in [-0.15, -0.1) is 0 Å². The second-order valence-corrected chi connectivity index (χ2v) is 9.82. The van der Waals surface area contributed by atoms with Gasteiger partial charge in [0.1, 0.15) is 6.61 Å². The molecule has 2 amide bonds. The van der Waals surface area contributed by atoms with Gasteiger partial charge in [0.25, 0.3) is 0 Å². The molecule has 1 aliphatic carbocycles. The van der Waals surface area contributed by atoms with E-state index in [0.29, 0.717) is 19.4 Å². The number of carbonyl (C=O) groups is 3. The van der Waals surface area contributed by atoms with Gasteiger partial charge in [0, 0.05) is 36.9 Å². The van der Waals surface area contributed by atoms with Crippen LogP contribution in [0.15, 0.2) is 48.5 Å². The molecule has 0 radical (unpaired) electrons. The molecular formula is C27H32N2O6. The second-order valence-electron chi connectivity index (χ2n) is 9.82. The van der Waals surface area contributed by atoms with Crippen molar-refractivity contribution in [3.63, 3.8) is 0 Å². The minimum absolute atomic E-state index is 0.0174. The summed E-state index contributed by atoms with van der Waals surface area (Å²) >= 11 is 0. The summed E-state index contributed by atoms with van der Waals surface area (Å²) in [5.41, 5.74) is 3.98. The van der Waals surface area contributed by atoms with E-state index in [0.717, 1.165) is 11.1 Å². The normalized spacial score (nSPS) is 19.0. The molecule has 0 saturated carbocycles. The average molecular weight is 481 g/mol. The van der Waals surface area contributed by atoms with Gasteiger partial charge in [-0.2, -0.15) is 0 Å². The van der Waals surface area contributed by atoms with E-state index >= 15 is 0 Å². The Kier molecular flexibility index (Phi) is 7.40. The van der Waals surface area contributed by atoms with Crippen LogP contribution in [0.1, 0.15) is 50.2 Å². The van der Waals surface area contributed by atoms with Crippen LogP contribution in [0.3, 0.4) is 0 Å². The smallest absolute Gasteiger partial charge is 0.407 e. The molecule has 0 aromatic heterocycles. The fourth-order valence-corrected chi connectivity index (χ4v) is 4.85. The minimum atomic E-state index is -1.00. The van der Waals surface area contributed by atoms with Crippen molar-refractivity contribution in [1.29, 1.82) is 0 Å². The standard InChI is InChI=1S/C27H32N2O6/c1-27(2,13-11-23(30)28-15-17-12-14-34-24(17)25(31)32)29-26(33)35-16-22-20-9-5-3-7-18(20)19-8-4-6-10-21(19)22/h3-10,17,22,24H,11-16H2,1-2H3,(H,28,30)(H,29,33)(H,31,32)/t17-,24-/m0/s1. The maximum Gasteiger partial charge on any atom is 0.407 e. The lowest BCUT2D eigenvalue weighted by Crippen LogP contribution is -2.45. The van der Waals surface area contributed by atoms with Gasteiger partial charge < -0.3 is 25.2 Å². The van der Waals surface area contributed by atoms with Crippen molar-refractivity contribution in [2.75, 3.05) is 19.8 Å². The third kappa shape index (κ3) is 5.82. The Hall–Kier alpha value is -3.39. The molecule has 3 N–H and O–H groups in total. The van der Waals surface area contributed by atoms with Crippen LogP contribution in [0, 0.1) is 5.92 Å². The molecule has 8 heteroatoms. The Morgan fingerprint density at radius 1 is 1.06 bits per heavy atom. The fraction of sp³-hybridized carbons (Fsp3) is 0.444. The quantitative estimate of drug-likeness (QED) is 0.504. The lowest BCUT2D eigenvalue weighted by molar-refractivity contribution is -0.149. The Balaban J connectivity index is 1.24. The third-order valence-corrected chi connectivity index (χ3v) is 6.78. The molecule has 1 aliphatic heterocycles. The molecule has 2 aliphatic rings. The van der Waals surface area contributed by atoms with Crippen LogP contribution in [0.2, 0.25) is 0 Å². The Labute approximate surface area is 205 Å². The highest BCUT2D eigenvalue weighted by atomic mass is 16.5. The fourth-order valence-electron chi connectivity index (χ4n) is 4.85. The van der Waals surface area contributed by atoms with Crippen LogP contribution in [0.5, 0.6) is 0 Å². The number of carboxylic acids is 1. The number of hydrogen-bond acceptors (Lipinski definition) is 5. The molecule has 0 unspecified atom stereocenters. The van der Waals surface area contributed by atoms with Gasteiger partial charge >= 0.3 is 12.1 Å². The molecule has 1 fully saturated rings. The number of aliphatic carboxylic acids is 1. The number of benzene rings is 2. The summed E-state index contributed by atoms with van der Waals surface area (Å²) in [5.74, 6) is -1.45. The monoisotopic (exact) mass is 480 g/mol. The van der Waals surface area contributed by atoms with Crippen LogP contribution in [-0.4, -0.2) is 54.5 Å². The first-order valence-electron chi connectivity index (χ1n) is 12.0. The van der Waals surface area contributed by atoms with Crippen LogP contribution >= 0.6 is 0 Å². The van der Waals surface area contributed by atoms with Crippen LogP contribution < -0.4 is 10.6 Å². The first-order chi connectivity index (χ1) is 16.7. The van der Waals surface area contributed by atoms with Crippen molar-refractivity contribution < 1.29 is 29.0 Å². The summed E-state index contributed by atoms with van der Waals surface area (Å²) in [4.78, 5) is 36.1. The molecule has 0 spiro atoms. The lowest BCUT2D eigenvalue weighted by atomic mass is 9.97. The maximum atomic E-state index is 12.6. The molecule has 4 rings (SSSR count). The van der Waals surface area contributed by atoms with Crippen LogP contribution in [-0.2, 0) is 19.1 Å². The SMILES string of the molecule is CC(C)(CCC(=O)NC[C@@H]1CCO[C@@H]1C(=O)O)NC(=O)OCC1c2ccccc2-c2ccccc21. The zero-order valence-electron chi connectivity index (χ0n) is 20.1. The molecule has 2 aromatic carbocycles. The van der Waals surface area contributed by atoms with Gasteiger partial charge in [0.15, 0.2) is 6.10 Å². The Morgan fingerprint density at radius 3 is 2.31 bits per heavy atom. The van der Waals surface area contributed by atoms with Crippen molar-refractivity contribution in [3.05, 3.63) is 59.7 Å². The number of rotatable bonds is 9. The van der Waals surface area contributed by atoms with Crippen molar-refractivity contribution in [2.45, 2.75) is 50.7 Å². The number of ether oxygens (including phenoxy) is 2. The molecule has 2 aromatic rings. The van der Waals surface area contributed by atoms with E-state index in [2.05, 4.69) is 34.9 Å². The summed E-state index contributed by atoms with van der Waals surface area (Å²) in [7, 11) is 0. The first kappa shape index (κ1) is 24.7. The van der Waals surface area contributed by atoms with Crippen molar-refractivity contribution in [3.8, 4) is 11.1 Å². The van der Waals surface area contributed by atoms with Crippen molar-refractivity contribution in [1.82, 2.24) is 10.6 Å². The third-order valence-electron chi connectivity index (χ3n) is 6.78. The number of alkyl carbamates (subject to hydrolysis) is 1. The van der Waals surface area contributed by atoms with E-state index in [1.165, 1.54) is 11.1 Å². The second kappa shape index (κ2) is 10.5. The molecule has 8 nitrogen and oxygen atoms in total. The zero-order valence-corrected chi connectivity index (χ0v) is 20.1. The molecule has 2 atom stereocenters. The summed E-state index contributed by atoms with van der Waals surface area (Å²) in [6.07, 6.45) is -0.188. The van der Waals surface area contributed by atoms with Gasteiger partial charge in [-0.25, -0.2) is 9.59 Å². The summed E-state index contributed by atoms with van der Waals surface area (Å²) in [5, 5.41) is 14.8. The highest BCUT2D eigenvalue weighted by Gasteiger charge is 2.34. The predicted molar refractivity (Wildman–Crippen MR) is 130 cm³/mol. The van der Waals surface area contributed by atoms with Gasteiger partial charge in [-0.1, -0.05) is 48.5 Å². The number of hydrogen-bond donors (Lipinski definition) is 3. The number of fused-ring (bicyclic) bond motifs is 3. The molecule has 35 heavy (non-hydrogen) atoms. The van der Waals surface area contributed by atoms with E-state index in [1.54, 1.807) is 0 Å². The van der Waals surface area contributed by atoms with E-state index in [1.807, 2.05) is 38.1 Å². The molecular weight excluding hydrogens is 448 g/mol. The number of carbonyl (C=O) groups excluding carboxylic acids is 2. The highest BCUT2D eigenvalue weighted by Crippen LogP contribution is 2.44. The summed E-state index contributed by atoms with van der Waals surface area (Å²) in [6.45, 7) is 4.55. The molecule has 0 bridgehead atoms. The van der Waals surface area contributed by atoms with E-state index in [9.17, 15) is 14.4 Å². The number of amides is 2. The van der Waals surface area contributed by atoms with Crippen LogP contribution in [0.4, 0.5) is 4.79 Å². The largest absolute Gasteiger partial charge is 0.479 e. The van der Waals surface area contributed by atoms with Gasteiger partial charge in [-0.3, -0.25) is 4.79 Å². The van der Waals surface area contributed by atoms with E-state index < -0.39 is 23.7 Å². The molecule has 1 heterocycles. The van der Waals surface area contributed by atoms with Crippen LogP contribution in [0.25, 0.3) is 11.1 Å². The topological polar surface area (TPSA) is 114 Å². The predicted octanol–water partition coefficient (Wildman–Crippen LogP) is 3.69. The summed E-state index contributed by atoms with van der Waals surface area (Å²) < 4.78 is 10.8. The number of carboxylic acid groups (broad SMARTS) is 1. The van der Waals surface area contributed by atoms with Crippen molar-refractivity contribution >= 4 is 18.0 Å². The summed E-state index contributed by atoms with van der Waals surface area (Å²) in [6, 6.07) is 16.3. The van der Waals surface area contributed by atoms with E-state index in [4.69, 9.17) is 14.6 Å². The van der Waals surface area contributed by atoms with Gasteiger partial charge in [0.05, 0.1) is 0 Å². The Morgan fingerprint density at radius 2 is 1.69 bits per heavy atom. The van der Waals surface area contributed by atoms with Gasteiger partial charge in [-0.05, 0) is 48.9 Å². The van der Waals surface area contributed by atoms with Gasteiger partial charge in [0.2, 0.25) is 5.91 Å². The maximum absolute atomic E-state index is 12.6. The minimum Gasteiger partial charge on any atom is -0.479 e. The number of nitrogens with one attached hydrogen (secondary N) is 2. The average Bonchev–Trinajstić information content (AvgIpc) is 3.43. The zero-order chi connectivity index (χ0) is 25.0. The molecule has 1 saturated heterocycles. The first-order valence-corrected chi connectivity index (χ1v) is 12.0. The molecule has 186 valence electrons.